The van der Waals surface area contributed by atoms with Gasteiger partial charge in [0, 0.05) is 17.7 Å². The summed E-state index contributed by atoms with van der Waals surface area (Å²) in [6.07, 6.45) is -4.36. The van der Waals surface area contributed by atoms with Gasteiger partial charge in [0.15, 0.2) is 0 Å². The second kappa shape index (κ2) is 7.06. The zero-order valence-corrected chi connectivity index (χ0v) is 17.0. The fraction of sp³-hybridized carbons (Fsp3) is 0.350. The molecule has 0 spiro atoms. The predicted molar refractivity (Wildman–Crippen MR) is 108 cm³/mol. The molecule has 1 fully saturated rings. The molecule has 1 saturated carbocycles. The molecule has 2 heterocycles. The van der Waals surface area contributed by atoms with Crippen LogP contribution in [0.3, 0.4) is 0 Å². The molecule has 2 aromatic heterocycles. The Bertz CT molecular complexity index is 1210. The van der Waals surface area contributed by atoms with E-state index in [2.05, 4.69) is 10.3 Å². The average Bonchev–Trinajstić information content (AvgIpc) is 3.06. The zero-order valence-electron chi connectivity index (χ0n) is 16.2. The van der Waals surface area contributed by atoms with Crippen LogP contribution < -0.4 is 10.9 Å². The van der Waals surface area contributed by atoms with Crippen LogP contribution in [0.4, 0.5) is 18.0 Å². The number of carbonyl (C=O) groups is 1. The van der Waals surface area contributed by atoms with Gasteiger partial charge in [0.2, 0.25) is 0 Å². The summed E-state index contributed by atoms with van der Waals surface area (Å²) in [5.74, 6) is 0. The third-order valence-corrected chi connectivity index (χ3v) is 6.39. The molecule has 0 radical (unpaired) electrons. The lowest BCUT2D eigenvalue weighted by molar-refractivity contribution is -0.141. The van der Waals surface area contributed by atoms with Crippen LogP contribution in [0.5, 0.6) is 0 Å². The molecule has 1 aliphatic rings. The molecule has 164 valence electrons. The quantitative estimate of drug-likeness (QED) is 0.559. The van der Waals surface area contributed by atoms with E-state index in [9.17, 15) is 33.0 Å². The molecule has 3 N–H and O–H groups in total. The van der Waals surface area contributed by atoms with E-state index in [1.54, 1.807) is 31.2 Å². The minimum absolute atomic E-state index is 0.106. The summed E-state index contributed by atoms with van der Waals surface area (Å²) in [4.78, 5) is 28.6. The van der Waals surface area contributed by atoms with Crippen LogP contribution in [0.1, 0.15) is 25.3 Å². The van der Waals surface area contributed by atoms with Crippen LogP contribution in [0.25, 0.3) is 20.7 Å². The topological polar surface area (TPSA) is 104 Å². The molecule has 0 aliphatic heterocycles. The van der Waals surface area contributed by atoms with E-state index in [1.165, 1.54) is 17.4 Å². The van der Waals surface area contributed by atoms with Gasteiger partial charge in [0.1, 0.15) is 11.4 Å². The summed E-state index contributed by atoms with van der Waals surface area (Å²) < 4.78 is 38.5. The molecule has 1 amide bonds. The number of aromatic nitrogens is 2. The first-order valence-corrected chi connectivity index (χ1v) is 10.1. The first-order valence-electron chi connectivity index (χ1n) is 9.28. The van der Waals surface area contributed by atoms with Crippen molar-refractivity contribution >= 4 is 27.6 Å². The highest BCUT2D eigenvalue weighted by Gasteiger charge is 2.53. The molecule has 4 rings (SSSR count). The molecule has 3 aromatic rings. The van der Waals surface area contributed by atoms with Gasteiger partial charge in [-0.2, -0.15) is 13.2 Å². The third kappa shape index (κ3) is 4.15. The van der Waals surface area contributed by atoms with Gasteiger partial charge in [-0.25, -0.2) is 9.78 Å². The number of thiophene rings is 1. The molecule has 0 bridgehead atoms. The Morgan fingerprint density at radius 3 is 2.48 bits per heavy atom. The van der Waals surface area contributed by atoms with Crippen molar-refractivity contribution in [3.8, 4) is 10.4 Å². The Labute approximate surface area is 177 Å². The number of alkyl halides is 3. The number of amides is 1. The summed E-state index contributed by atoms with van der Waals surface area (Å²) in [5.41, 5.74) is -1.21. The number of halogens is 3. The van der Waals surface area contributed by atoms with Crippen molar-refractivity contribution in [2.24, 2.45) is 0 Å². The lowest BCUT2D eigenvalue weighted by Gasteiger charge is -2.51. The third-order valence-electron chi connectivity index (χ3n) is 5.30. The van der Waals surface area contributed by atoms with Gasteiger partial charge in [-0.3, -0.25) is 9.36 Å². The van der Waals surface area contributed by atoms with Gasteiger partial charge in [-0.15, -0.1) is 11.3 Å². The van der Waals surface area contributed by atoms with Crippen LogP contribution in [0.2, 0.25) is 0 Å². The maximum absolute atomic E-state index is 12.6. The van der Waals surface area contributed by atoms with Crippen molar-refractivity contribution < 1.29 is 28.2 Å². The number of benzene rings is 1. The molecular formula is C20H18F3N3O4S. The van der Waals surface area contributed by atoms with Gasteiger partial charge in [-0.1, -0.05) is 24.3 Å². The summed E-state index contributed by atoms with van der Waals surface area (Å²) in [6.45, 7) is 0.232. The second-order valence-electron chi connectivity index (χ2n) is 8.06. The summed E-state index contributed by atoms with van der Waals surface area (Å²) >= 11 is 1.18. The van der Waals surface area contributed by atoms with Gasteiger partial charge in [-0.05, 0) is 24.1 Å². The van der Waals surface area contributed by atoms with Gasteiger partial charge in [0.05, 0.1) is 22.9 Å². The molecule has 7 nitrogen and oxygen atoms in total. The predicted octanol–water partition coefficient (Wildman–Crippen LogP) is 3.70. The second-order valence-corrected chi connectivity index (χ2v) is 9.09. The number of carboxylic acid groups (broad SMARTS) is 1. The van der Waals surface area contributed by atoms with Gasteiger partial charge >= 0.3 is 12.3 Å². The lowest BCUT2D eigenvalue weighted by atomic mass is 9.62. The van der Waals surface area contributed by atoms with Gasteiger partial charge in [0.25, 0.3) is 5.56 Å². The van der Waals surface area contributed by atoms with Gasteiger partial charge < -0.3 is 15.5 Å². The van der Waals surface area contributed by atoms with Crippen LogP contribution in [0, 0.1) is 0 Å². The van der Waals surface area contributed by atoms with Crippen molar-refractivity contribution in [3.63, 3.8) is 0 Å². The molecule has 31 heavy (non-hydrogen) atoms. The minimum atomic E-state index is -4.53. The van der Waals surface area contributed by atoms with E-state index in [0.29, 0.717) is 25.4 Å². The van der Waals surface area contributed by atoms with Crippen molar-refractivity contribution in [3.05, 3.63) is 52.6 Å². The zero-order chi connectivity index (χ0) is 22.6. The maximum Gasteiger partial charge on any atom is 0.406 e. The smallest absolute Gasteiger partial charge is 0.406 e. The number of aliphatic hydroxyl groups is 1. The first-order chi connectivity index (χ1) is 14.4. The van der Waals surface area contributed by atoms with E-state index in [4.69, 9.17) is 0 Å². The number of hydrogen-bond acceptors (Lipinski definition) is 5. The standard InChI is InChI=1S/C20H18F3N3O4S/c1-18(30)7-19(8-18,25-17(28)29)12-4-2-11(3-5-12)14-6-13-15(31-14)24-10-26(16(13)27)9-20(21,22)23/h2-6,10,25,30H,7-9H2,1H3,(H,28,29). The molecule has 11 heteroatoms. The lowest BCUT2D eigenvalue weighted by Crippen LogP contribution is -2.61. The summed E-state index contributed by atoms with van der Waals surface area (Å²) in [5, 5.41) is 21.9. The number of hydrogen-bond donors (Lipinski definition) is 3. The van der Waals surface area contributed by atoms with Crippen LogP contribution in [-0.4, -0.2) is 37.6 Å². The Morgan fingerprint density at radius 1 is 1.29 bits per heavy atom. The highest BCUT2D eigenvalue weighted by molar-refractivity contribution is 7.21. The maximum atomic E-state index is 12.6. The number of fused-ring (bicyclic) bond motifs is 1. The highest BCUT2D eigenvalue weighted by atomic mass is 32.1. The molecular weight excluding hydrogens is 435 g/mol. The number of nitrogens with zero attached hydrogens (tertiary/aromatic N) is 2. The van der Waals surface area contributed by atoms with E-state index in [1.807, 2.05) is 0 Å². The fourth-order valence-corrected chi connectivity index (χ4v) is 5.17. The Hall–Kier alpha value is -2.92. The van der Waals surface area contributed by atoms with Crippen molar-refractivity contribution in [1.82, 2.24) is 14.9 Å². The largest absolute Gasteiger partial charge is 0.465 e. The Balaban J connectivity index is 1.65. The van der Waals surface area contributed by atoms with E-state index in [-0.39, 0.29) is 18.2 Å². The molecule has 0 saturated heterocycles. The monoisotopic (exact) mass is 453 g/mol. The Kier molecular flexibility index (Phi) is 4.85. The van der Waals surface area contributed by atoms with Crippen LogP contribution in [0.15, 0.2) is 41.5 Å². The summed E-state index contributed by atoms with van der Waals surface area (Å²) in [6, 6.07) is 8.47. The summed E-state index contributed by atoms with van der Waals surface area (Å²) in [7, 11) is 0. The molecule has 0 atom stereocenters. The highest BCUT2D eigenvalue weighted by Crippen LogP contribution is 2.48. The number of nitrogens with one attached hydrogen (secondary N) is 1. The fourth-order valence-electron chi connectivity index (χ4n) is 4.18. The van der Waals surface area contributed by atoms with E-state index >= 15 is 0 Å². The minimum Gasteiger partial charge on any atom is -0.465 e. The SMILES string of the molecule is CC1(O)CC(NC(=O)O)(c2ccc(-c3cc4c(=O)n(CC(F)(F)F)cnc4s3)cc2)C1. The first kappa shape index (κ1) is 21.3. The normalized spacial score (nSPS) is 23.5. The molecule has 1 aliphatic carbocycles. The average molecular weight is 453 g/mol. The van der Waals surface area contributed by atoms with Crippen LogP contribution in [-0.2, 0) is 12.1 Å². The molecule has 1 aromatic carbocycles. The van der Waals surface area contributed by atoms with E-state index in [0.717, 1.165) is 6.33 Å². The number of rotatable bonds is 4. The molecule has 0 unspecified atom stereocenters. The van der Waals surface area contributed by atoms with Crippen molar-refractivity contribution in [1.29, 1.82) is 0 Å². The van der Waals surface area contributed by atoms with Crippen molar-refractivity contribution in [2.75, 3.05) is 0 Å². The van der Waals surface area contributed by atoms with E-state index < -0.39 is 35.5 Å². The van der Waals surface area contributed by atoms with Crippen LogP contribution >= 0.6 is 11.3 Å². The Morgan fingerprint density at radius 2 is 1.94 bits per heavy atom. The van der Waals surface area contributed by atoms with Crippen molar-refractivity contribution in [2.45, 2.75) is 43.6 Å².